The second kappa shape index (κ2) is 10.7. The molecule has 5 nitrogen and oxygen atoms in total. The Hall–Kier alpha value is -2.41. The van der Waals surface area contributed by atoms with E-state index in [9.17, 15) is 9.90 Å². The molecule has 1 aliphatic carbocycles. The van der Waals surface area contributed by atoms with E-state index in [1.165, 1.54) is 6.07 Å². The maximum absolute atomic E-state index is 15.2. The molecule has 0 spiro atoms. The number of aryl methyl sites for hydroxylation is 1. The number of aromatic nitrogens is 1. The van der Waals surface area contributed by atoms with Crippen LogP contribution in [0.4, 0.5) is 4.39 Å². The Balaban J connectivity index is 0.00000289. The monoisotopic (exact) mass is 483 g/mol. The Labute approximate surface area is 227 Å². The Morgan fingerprint density at radius 2 is 1.89 bits per heavy atom. The van der Waals surface area contributed by atoms with Gasteiger partial charge in [-0.25, -0.2) is 9.37 Å². The maximum Gasteiger partial charge on any atom is 1.00 e. The number of halogens is 1. The van der Waals surface area contributed by atoms with Crippen molar-refractivity contribution in [2.24, 2.45) is 11.8 Å². The molecule has 2 aliphatic rings. The molecule has 1 fully saturated rings. The van der Waals surface area contributed by atoms with Gasteiger partial charge in [0.1, 0.15) is 17.7 Å². The van der Waals surface area contributed by atoms with Crippen molar-refractivity contribution in [2.45, 2.75) is 44.6 Å². The van der Waals surface area contributed by atoms with Crippen LogP contribution >= 0.6 is 0 Å². The van der Waals surface area contributed by atoms with Gasteiger partial charge in [0.25, 0.3) is 0 Å². The molecule has 176 valence electrons. The van der Waals surface area contributed by atoms with Crippen LogP contribution in [0.5, 0.6) is 11.6 Å². The summed E-state index contributed by atoms with van der Waals surface area (Å²) in [4.78, 5) is 15.7. The zero-order valence-electron chi connectivity index (χ0n) is 20.3. The second-order valence-electron chi connectivity index (χ2n) is 9.31. The van der Waals surface area contributed by atoms with Gasteiger partial charge in [0, 0.05) is 29.7 Å². The average molecular weight is 484 g/mol. The van der Waals surface area contributed by atoms with Crippen LogP contribution < -0.4 is 44.1 Å². The van der Waals surface area contributed by atoms with Crippen LogP contribution in [0, 0.1) is 17.7 Å². The van der Waals surface area contributed by atoms with Crippen molar-refractivity contribution in [3.05, 3.63) is 77.2 Å². The van der Waals surface area contributed by atoms with Crippen molar-refractivity contribution < 1.29 is 53.3 Å². The van der Waals surface area contributed by atoms with Gasteiger partial charge in [-0.1, -0.05) is 31.2 Å². The molecule has 5 rings (SSSR count). The first kappa shape index (κ1) is 25.7. The number of carbonyl (C=O) groups is 1. The third-order valence-electron chi connectivity index (χ3n) is 7.09. The molecule has 0 radical (unpaired) electrons. The van der Waals surface area contributed by atoms with E-state index in [2.05, 4.69) is 4.98 Å². The molecule has 7 heteroatoms. The van der Waals surface area contributed by atoms with E-state index < -0.39 is 18.0 Å². The summed E-state index contributed by atoms with van der Waals surface area (Å²) in [6.07, 6.45) is 4.74. The summed E-state index contributed by atoms with van der Waals surface area (Å²) < 4.78 is 26.6. The van der Waals surface area contributed by atoms with Crippen LogP contribution in [0.2, 0.25) is 0 Å². The summed E-state index contributed by atoms with van der Waals surface area (Å²) in [5, 5.41) is 11.6. The SMILES string of the molecule is COc1cc(-c2ccc([C@@H]3CCc4ccc([C@H](C5CC5)[C@H](C)C(=O)[O-])cc4O3)c(F)c2)ccn1.[Na+]. The van der Waals surface area contributed by atoms with Crippen molar-refractivity contribution in [3.8, 4) is 22.8 Å². The molecule has 3 atom stereocenters. The van der Waals surface area contributed by atoms with Gasteiger partial charge in [0.05, 0.1) is 7.11 Å². The summed E-state index contributed by atoms with van der Waals surface area (Å²) in [5.74, 6) is -0.451. The smallest absolute Gasteiger partial charge is 0.550 e. The largest absolute Gasteiger partial charge is 1.00 e. The Morgan fingerprint density at radius 1 is 1.11 bits per heavy atom. The van der Waals surface area contributed by atoms with E-state index in [1.807, 2.05) is 30.3 Å². The molecule has 0 N–H and O–H groups in total. The maximum atomic E-state index is 15.2. The minimum Gasteiger partial charge on any atom is -0.550 e. The molecule has 0 unspecified atom stereocenters. The fourth-order valence-corrected chi connectivity index (χ4v) is 5.05. The predicted octanol–water partition coefficient (Wildman–Crippen LogP) is 1.85. The van der Waals surface area contributed by atoms with Crippen molar-refractivity contribution in [1.82, 2.24) is 4.98 Å². The number of nitrogens with zero attached hydrogens (tertiary/aromatic N) is 1. The number of benzene rings is 2. The van der Waals surface area contributed by atoms with Gasteiger partial charge in [-0.05, 0) is 78.0 Å². The van der Waals surface area contributed by atoms with E-state index in [-0.39, 0.29) is 41.3 Å². The number of carboxylic acid groups (broad SMARTS) is 1. The van der Waals surface area contributed by atoms with Crippen LogP contribution in [-0.2, 0) is 11.2 Å². The summed E-state index contributed by atoms with van der Waals surface area (Å²) in [7, 11) is 1.55. The summed E-state index contributed by atoms with van der Waals surface area (Å²) in [6.45, 7) is 1.72. The molecule has 2 aromatic carbocycles. The van der Waals surface area contributed by atoms with E-state index in [4.69, 9.17) is 9.47 Å². The molecule has 35 heavy (non-hydrogen) atoms. The number of aliphatic carboxylic acids is 1. The number of carboxylic acids is 1. The van der Waals surface area contributed by atoms with Crippen molar-refractivity contribution in [2.75, 3.05) is 7.11 Å². The topological polar surface area (TPSA) is 71.5 Å². The molecule has 0 saturated heterocycles. The molecule has 3 aromatic rings. The fraction of sp³-hybridized carbons (Fsp3) is 0.357. The van der Waals surface area contributed by atoms with Crippen molar-refractivity contribution in [1.29, 1.82) is 0 Å². The third-order valence-corrected chi connectivity index (χ3v) is 7.09. The summed E-state index contributed by atoms with van der Waals surface area (Å²) in [5.41, 5.74) is 4.11. The number of carbonyl (C=O) groups excluding carboxylic acids is 1. The first-order chi connectivity index (χ1) is 16.4. The summed E-state index contributed by atoms with van der Waals surface area (Å²) in [6, 6.07) is 14.8. The number of rotatable bonds is 7. The van der Waals surface area contributed by atoms with E-state index in [0.29, 0.717) is 29.5 Å². The minimum absolute atomic E-state index is 0. The van der Waals surface area contributed by atoms with Crippen LogP contribution in [0.1, 0.15) is 54.9 Å². The molecule has 1 aromatic heterocycles. The van der Waals surface area contributed by atoms with E-state index in [1.54, 1.807) is 32.4 Å². The number of methoxy groups -OCH3 is 1. The van der Waals surface area contributed by atoms with Gasteiger partial charge in [-0.3, -0.25) is 0 Å². The summed E-state index contributed by atoms with van der Waals surface area (Å²) >= 11 is 0. The Bertz CT molecular complexity index is 1230. The first-order valence-corrected chi connectivity index (χ1v) is 11.7. The van der Waals surface area contributed by atoms with Crippen molar-refractivity contribution >= 4 is 5.97 Å². The van der Waals surface area contributed by atoms with Crippen LogP contribution in [0.3, 0.4) is 0 Å². The normalized spacial score (nSPS) is 18.4. The van der Waals surface area contributed by atoms with Gasteiger partial charge in [-0.15, -0.1) is 0 Å². The van der Waals surface area contributed by atoms with E-state index >= 15 is 4.39 Å². The molecule has 1 saturated carbocycles. The Kier molecular flexibility index (Phi) is 7.84. The molecular formula is C28H27FNNaO4. The number of pyridine rings is 1. The number of fused-ring (bicyclic) bond motifs is 1. The number of ether oxygens (including phenoxy) is 2. The van der Waals surface area contributed by atoms with Gasteiger partial charge in [0.2, 0.25) is 5.88 Å². The zero-order valence-corrected chi connectivity index (χ0v) is 22.3. The quantitative estimate of drug-likeness (QED) is 0.480. The first-order valence-electron chi connectivity index (χ1n) is 11.7. The third kappa shape index (κ3) is 5.40. The number of hydrogen-bond acceptors (Lipinski definition) is 5. The van der Waals surface area contributed by atoms with Crippen LogP contribution in [0.25, 0.3) is 11.1 Å². The predicted molar refractivity (Wildman–Crippen MR) is 124 cm³/mol. The second-order valence-corrected chi connectivity index (χ2v) is 9.31. The molecule has 0 bridgehead atoms. The minimum atomic E-state index is -1.03. The van der Waals surface area contributed by atoms with E-state index in [0.717, 1.165) is 41.5 Å². The van der Waals surface area contributed by atoms with Gasteiger partial charge < -0.3 is 19.4 Å². The standard InChI is InChI=1S/C28H28FNO4.Na/c1-16(28(31)32)27(18-4-5-18)21-6-3-17-8-10-24(34-25(17)14-21)22-9-7-19(13-23(22)29)20-11-12-30-26(15-20)33-2;/h3,6-7,9,11-16,18,24,27H,4-5,8,10H2,1-2H3,(H,31,32);/q;+1/p-1/t16-,24-,27-;/m0./s1. The van der Waals surface area contributed by atoms with Crippen molar-refractivity contribution in [3.63, 3.8) is 0 Å². The molecule has 1 aliphatic heterocycles. The van der Waals surface area contributed by atoms with Gasteiger partial charge >= 0.3 is 29.6 Å². The average Bonchev–Trinajstić information content (AvgIpc) is 3.68. The van der Waals surface area contributed by atoms with Gasteiger partial charge in [-0.2, -0.15) is 0 Å². The van der Waals surface area contributed by atoms with Gasteiger partial charge in [0.15, 0.2) is 0 Å². The molecule has 2 heterocycles. The zero-order chi connectivity index (χ0) is 23.8. The molecular weight excluding hydrogens is 456 g/mol. The Morgan fingerprint density at radius 3 is 2.57 bits per heavy atom. The van der Waals surface area contributed by atoms with Crippen LogP contribution in [-0.4, -0.2) is 18.1 Å². The fourth-order valence-electron chi connectivity index (χ4n) is 5.05. The number of hydrogen-bond donors (Lipinski definition) is 0. The molecule has 0 amide bonds. The van der Waals surface area contributed by atoms with Crippen LogP contribution in [0.15, 0.2) is 54.7 Å².